The predicted molar refractivity (Wildman–Crippen MR) is 153 cm³/mol. The van der Waals surface area contributed by atoms with Crippen LogP contribution in [0.1, 0.15) is 80.6 Å². The summed E-state index contributed by atoms with van der Waals surface area (Å²) < 4.78 is 35.0. The first-order valence-electron chi connectivity index (χ1n) is 13.7. The van der Waals surface area contributed by atoms with Crippen LogP contribution < -0.4 is 4.90 Å². The largest absolute Gasteiger partial charge is 0.376 e. The van der Waals surface area contributed by atoms with E-state index in [1.54, 1.807) is 36.2 Å². The third kappa shape index (κ3) is 5.52. The van der Waals surface area contributed by atoms with Crippen molar-refractivity contribution in [1.29, 1.82) is 0 Å². The number of sulfonamides is 1. The zero-order valence-corrected chi connectivity index (χ0v) is 24.1. The highest BCUT2D eigenvalue weighted by Gasteiger charge is 2.31. The maximum Gasteiger partial charge on any atom is 0.260 e. The van der Waals surface area contributed by atoms with Gasteiger partial charge in [0, 0.05) is 25.3 Å². The Balaban J connectivity index is 1.43. The van der Waals surface area contributed by atoms with Gasteiger partial charge in [0.1, 0.15) is 0 Å². The van der Waals surface area contributed by atoms with Crippen LogP contribution in [0.3, 0.4) is 0 Å². The normalized spacial score (nSPS) is 19.0. The van der Waals surface area contributed by atoms with Gasteiger partial charge in [-0.1, -0.05) is 56.6 Å². The van der Waals surface area contributed by atoms with E-state index in [0.717, 1.165) is 60.7 Å². The summed E-state index contributed by atoms with van der Waals surface area (Å²) in [5.41, 5.74) is 2.52. The number of aromatic nitrogens is 1. The van der Waals surface area contributed by atoms with Gasteiger partial charge >= 0.3 is 0 Å². The lowest BCUT2D eigenvalue weighted by atomic mass is 9.96. The van der Waals surface area contributed by atoms with Crippen LogP contribution >= 0.6 is 11.3 Å². The SMILES string of the molecule is CC(C)c1cccc2sc(N(CC3CCCO3)C(=O)c3ccc(S(=O)(=O)N(C)C4CCCCC4)cc3)nc12. The maximum atomic E-state index is 13.8. The molecule has 5 rings (SSSR count). The fourth-order valence-electron chi connectivity index (χ4n) is 5.51. The second-order valence-corrected chi connectivity index (χ2v) is 13.7. The Morgan fingerprint density at radius 1 is 1.05 bits per heavy atom. The van der Waals surface area contributed by atoms with E-state index in [2.05, 4.69) is 19.9 Å². The van der Waals surface area contributed by atoms with E-state index in [4.69, 9.17) is 9.72 Å². The fraction of sp³-hybridized carbons (Fsp3) is 0.517. The number of hydrogen-bond donors (Lipinski definition) is 0. The number of fused-ring (bicyclic) bond motifs is 1. The Morgan fingerprint density at radius 2 is 1.79 bits per heavy atom. The van der Waals surface area contributed by atoms with E-state index < -0.39 is 10.0 Å². The maximum absolute atomic E-state index is 13.8. The number of anilines is 1. The van der Waals surface area contributed by atoms with Gasteiger partial charge in [-0.3, -0.25) is 9.69 Å². The van der Waals surface area contributed by atoms with Crippen LogP contribution in [0.15, 0.2) is 47.4 Å². The fourth-order valence-corrected chi connectivity index (χ4v) is 7.94. The molecule has 3 aromatic rings. The van der Waals surface area contributed by atoms with Gasteiger partial charge in [0.25, 0.3) is 5.91 Å². The summed E-state index contributed by atoms with van der Waals surface area (Å²) in [6.45, 7) is 5.40. The van der Waals surface area contributed by atoms with Crippen LogP contribution in [0.4, 0.5) is 5.13 Å². The summed E-state index contributed by atoms with van der Waals surface area (Å²) in [7, 11) is -1.95. The molecular formula is C29H37N3O4S2. The Kier molecular flexibility index (Phi) is 8.19. The lowest BCUT2D eigenvalue weighted by Crippen LogP contribution is -2.38. The summed E-state index contributed by atoms with van der Waals surface area (Å²) in [6, 6.07) is 12.6. The van der Waals surface area contributed by atoms with Crippen molar-refractivity contribution in [3.8, 4) is 0 Å². The van der Waals surface area contributed by atoms with Crippen molar-refractivity contribution in [3.05, 3.63) is 53.6 Å². The van der Waals surface area contributed by atoms with Crippen molar-refractivity contribution in [2.75, 3.05) is 25.1 Å². The van der Waals surface area contributed by atoms with Gasteiger partial charge in [-0.05, 0) is 67.5 Å². The Hall–Kier alpha value is -2.33. The highest BCUT2D eigenvalue weighted by Crippen LogP contribution is 2.35. The average molecular weight is 556 g/mol. The Labute approximate surface area is 229 Å². The molecule has 1 aliphatic heterocycles. The van der Waals surface area contributed by atoms with Gasteiger partial charge in [-0.2, -0.15) is 4.31 Å². The number of rotatable bonds is 8. The van der Waals surface area contributed by atoms with Crippen molar-refractivity contribution in [2.24, 2.45) is 0 Å². The molecule has 2 fully saturated rings. The predicted octanol–water partition coefficient (Wildman–Crippen LogP) is 6.20. The average Bonchev–Trinajstić information content (AvgIpc) is 3.61. The molecule has 2 aliphatic rings. The first-order chi connectivity index (χ1) is 18.3. The van der Waals surface area contributed by atoms with Crippen molar-refractivity contribution < 1.29 is 17.9 Å². The molecule has 1 saturated carbocycles. The summed E-state index contributed by atoms with van der Waals surface area (Å²) in [6.07, 6.45) is 6.90. The molecule has 38 heavy (non-hydrogen) atoms. The summed E-state index contributed by atoms with van der Waals surface area (Å²) in [5, 5.41) is 0.641. The molecule has 0 radical (unpaired) electrons. The minimum atomic E-state index is -3.62. The lowest BCUT2D eigenvalue weighted by Gasteiger charge is -2.30. The number of carbonyl (C=O) groups is 1. The molecule has 1 unspecified atom stereocenters. The van der Waals surface area contributed by atoms with Crippen LogP contribution in [0, 0.1) is 0 Å². The quantitative estimate of drug-likeness (QED) is 0.331. The van der Waals surface area contributed by atoms with E-state index in [0.29, 0.717) is 29.8 Å². The first-order valence-corrected chi connectivity index (χ1v) is 15.9. The van der Waals surface area contributed by atoms with Crippen LogP contribution in [-0.4, -0.2) is 56.0 Å². The molecule has 1 aromatic heterocycles. The van der Waals surface area contributed by atoms with Crippen LogP contribution in [0.25, 0.3) is 10.2 Å². The highest BCUT2D eigenvalue weighted by atomic mass is 32.2. The lowest BCUT2D eigenvalue weighted by molar-refractivity contribution is 0.0917. The summed E-state index contributed by atoms with van der Waals surface area (Å²) in [5.74, 6) is 0.118. The van der Waals surface area contributed by atoms with E-state index in [1.165, 1.54) is 15.6 Å². The van der Waals surface area contributed by atoms with Gasteiger partial charge < -0.3 is 4.74 Å². The molecule has 2 heterocycles. The number of carbonyl (C=O) groups excluding carboxylic acids is 1. The van der Waals surface area contributed by atoms with Gasteiger partial charge in [0.2, 0.25) is 10.0 Å². The molecule has 204 valence electrons. The van der Waals surface area contributed by atoms with Crippen molar-refractivity contribution in [1.82, 2.24) is 9.29 Å². The van der Waals surface area contributed by atoms with Gasteiger partial charge in [0.05, 0.1) is 27.8 Å². The van der Waals surface area contributed by atoms with Crippen molar-refractivity contribution in [3.63, 3.8) is 0 Å². The number of para-hydroxylation sites is 1. The minimum Gasteiger partial charge on any atom is -0.376 e. The molecule has 1 saturated heterocycles. The second kappa shape index (κ2) is 11.4. The number of benzene rings is 2. The van der Waals surface area contributed by atoms with Crippen LogP contribution in [0.5, 0.6) is 0 Å². The van der Waals surface area contributed by atoms with Gasteiger partial charge in [0.15, 0.2) is 5.13 Å². The molecule has 1 amide bonds. The Bertz CT molecular complexity index is 1370. The molecule has 9 heteroatoms. The highest BCUT2D eigenvalue weighted by molar-refractivity contribution is 7.89. The number of hydrogen-bond acceptors (Lipinski definition) is 6. The molecule has 1 atom stereocenters. The van der Waals surface area contributed by atoms with Crippen LogP contribution in [0.2, 0.25) is 0 Å². The molecule has 1 aliphatic carbocycles. The minimum absolute atomic E-state index is 0.0340. The van der Waals surface area contributed by atoms with Crippen LogP contribution in [-0.2, 0) is 14.8 Å². The van der Waals surface area contributed by atoms with E-state index in [1.807, 2.05) is 12.1 Å². The molecule has 0 bridgehead atoms. The monoisotopic (exact) mass is 555 g/mol. The molecule has 2 aromatic carbocycles. The number of nitrogens with zero attached hydrogens (tertiary/aromatic N) is 3. The van der Waals surface area contributed by atoms with E-state index in [9.17, 15) is 13.2 Å². The molecule has 7 nitrogen and oxygen atoms in total. The number of thiazole rings is 1. The standard InChI is InChI=1S/C29H37N3O4S2/c1-20(2)25-12-7-13-26-27(25)30-29(37-26)32(19-23-11-8-18-36-23)28(33)21-14-16-24(17-15-21)38(34,35)31(3)22-9-5-4-6-10-22/h7,12-17,20,22-23H,4-6,8-11,18-19H2,1-3H3. The van der Waals surface area contributed by atoms with E-state index in [-0.39, 0.29) is 22.9 Å². The first kappa shape index (κ1) is 27.2. The van der Waals surface area contributed by atoms with Gasteiger partial charge in [-0.25, -0.2) is 13.4 Å². The zero-order valence-electron chi connectivity index (χ0n) is 22.4. The molecular weight excluding hydrogens is 518 g/mol. The number of ether oxygens (including phenoxy) is 1. The topological polar surface area (TPSA) is 79.8 Å². The Morgan fingerprint density at radius 3 is 2.45 bits per heavy atom. The van der Waals surface area contributed by atoms with E-state index >= 15 is 0 Å². The third-order valence-corrected chi connectivity index (χ3v) is 10.8. The van der Waals surface area contributed by atoms with Crippen molar-refractivity contribution >= 4 is 42.6 Å². The third-order valence-electron chi connectivity index (χ3n) is 7.81. The number of amides is 1. The molecule has 0 N–H and O–H groups in total. The second-order valence-electron chi connectivity index (χ2n) is 10.7. The summed E-state index contributed by atoms with van der Waals surface area (Å²) >= 11 is 1.51. The van der Waals surface area contributed by atoms with Crippen molar-refractivity contribution in [2.45, 2.75) is 81.8 Å². The zero-order chi connectivity index (χ0) is 26.9. The summed E-state index contributed by atoms with van der Waals surface area (Å²) in [4.78, 5) is 20.7. The molecule has 0 spiro atoms. The van der Waals surface area contributed by atoms with Gasteiger partial charge in [-0.15, -0.1) is 0 Å². The smallest absolute Gasteiger partial charge is 0.260 e.